The molecule has 0 saturated carbocycles. The maximum absolute atomic E-state index is 12.7. The van der Waals surface area contributed by atoms with Crippen LogP contribution in [0.5, 0.6) is 0 Å². The van der Waals surface area contributed by atoms with E-state index in [4.69, 9.17) is 4.74 Å². The molecule has 0 bridgehead atoms. The third-order valence-electron chi connectivity index (χ3n) is 5.17. The van der Waals surface area contributed by atoms with Gasteiger partial charge in [0.2, 0.25) is 0 Å². The van der Waals surface area contributed by atoms with Crippen LogP contribution >= 0.6 is 0 Å². The quantitative estimate of drug-likeness (QED) is 0.780. The first-order chi connectivity index (χ1) is 11.2. The van der Waals surface area contributed by atoms with Crippen LogP contribution in [0.4, 0.5) is 0 Å². The molecule has 2 aliphatic rings. The lowest BCUT2D eigenvalue weighted by Gasteiger charge is -2.51. The summed E-state index contributed by atoms with van der Waals surface area (Å²) in [5.41, 5.74) is -0.754. The predicted octanol–water partition coefficient (Wildman–Crippen LogP) is 0.600. The number of aliphatic hydroxyl groups is 2. The molecule has 3 rings (SSSR count). The third kappa shape index (κ3) is 3.03. The zero-order chi connectivity index (χ0) is 17.5. The van der Waals surface area contributed by atoms with Crippen molar-refractivity contribution in [3.05, 3.63) is 23.3 Å². The van der Waals surface area contributed by atoms with E-state index in [-0.39, 0.29) is 5.91 Å². The van der Waals surface area contributed by atoms with Crippen LogP contribution in [0.3, 0.4) is 0 Å². The van der Waals surface area contributed by atoms with Gasteiger partial charge in [0.25, 0.3) is 5.91 Å². The molecule has 0 aliphatic carbocycles. The number of aromatic nitrogens is 2. The van der Waals surface area contributed by atoms with E-state index in [1.165, 1.54) is 0 Å². The highest BCUT2D eigenvalue weighted by Crippen LogP contribution is 2.39. The van der Waals surface area contributed by atoms with Crippen LogP contribution in [-0.2, 0) is 4.74 Å². The maximum atomic E-state index is 12.7. The molecule has 24 heavy (non-hydrogen) atoms. The van der Waals surface area contributed by atoms with Gasteiger partial charge in [-0.15, -0.1) is 0 Å². The van der Waals surface area contributed by atoms with Crippen molar-refractivity contribution >= 4 is 5.91 Å². The Morgan fingerprint density at radius 1 is 1.29 bits per heavy atom. The molecule has 7 nitrogen and oxygen atoms in total. The van der Waals surface area contributed by atoms with Gasteiger partial charge in [0.1, 0.15) is 23.2 Å². The lowest BCUT2D eigenvalue weighted by molar-refractivity contribution is -0.244. The van der Waals surface area contributed by atoms with Gasteiger partial charge < -0.3 is 19.8 Å². The predicted molar refractivity (Wildman–Crippen MR) is 86.6 cm³/mol. The van der Waals surface area contributed by atoms with E-state index in [9.17, 15) is 15.0 Å². The second-order valence-corrected chi connectivity index (χ2v) is 7.16. The monoisotopic (exact) mass is 335 g/mol. The molecule has 2 saturated heterocycles. The molecule has 1 aromatic rings. The third-order valence-corrected chi connectivity index (χ3v) is 5.17. The van der Waals surface area contributed by atoms with Crippen LogP contribution in [0.1, 0.15) is 48.2 Å². The highest BCUT2D eigenvalue weighted by atomic mass is 16.5. The van der Waals surface area contributed by atoms with Gasteiger partial charge in [-0.2, -0.15) is 0 Å². The van der Waals surface area contributed by atoms with Crippen LogP contribution in [-0.4, -0.2) is 68.0 Å². The fraction of sp³-hybridized carbons (Fsp3) is 0.706. The summed E-state index contributed by atoms with van der Waals surface area (Å²) in [6.07, 6.45) is 0.468. The molecule has 2 aliphatic heterocycles. The van der Waals surface area contributed by atoms with Gasteiger partial charge in [0.15, 0.2) is 0 Å². The van der Waals surface area contributed by atoms with Crippen molar-refractivity contribution in [1.82, 2.24) is 14.9 Å². The molecule has 0 unspecified atom stereocenters. The Balaban J connectivity index is 1.72. The number of hydrogen-bond donors (Lipinski definition) is 2. The summed E-state index contributed by atoms with van der Waals surface area (Å²) in [6, 6.07) is 1.69. The van der Waals surface area contributed by atoms with Crippen molar-refractivity contribution in [2.45, 2.75) is 57.3 Å². The van der Waals surface area contributed by atoms with Gasteiger partial charge in [-0.3, -0.25) is 4.79 Å². The Labute approximate surface area is 141 Å². The zero-order valence-electron chi connectivity index (χ0n) is 14.4. The van der Waals surface area contributed by atoms with E-state index in [1.54, 1.807) is 24.8 Å². The standard InChI is InChI=1S/C17H25N3O4/c1-11-10-13(19-12(2)18-11)14(21)20-7-4-17(5-8-20)15(22)16(3,23)6-9-24-17/h10,15,22-23H,4-9H2,1-3H3/t15-,16+/m0/s1. The van der Waals surface area contributed by atoms with Crippen LogP contribution < -0.4 is 0 Å². The van der Waals surface area contributed by atoms with Crippen LogP contribution in [0.25, 0.3) is 0 Å². The molecule has 2 atom stereocenters. The van der Waals surface area contributed by atoms with Crippen molar-refractivity contribution in [2.24, 2.45) is 0 Å². The van der Waals surface area contributed by atoms with Gasteiger partial charge in [-0.05, 0) is 39.7 Å². The summed E-state index contributed by atoms with van der Waals surface area (Å²) < 4.78 is 5.85. The van der Waals surface area contributed by atoms with Gasteiger partial charge in [-0.1, -0.05) is 0 Å². The van der Waals surface area contributed by atoms with Crippen molar-refractivity contribution in [1.29, 1.82) is 0 Å². The Morgan fingerprint density at radius 3 is 2.58 bits per heavy atom. The maximum Gasteiger partial charge on any atom is 0.272 e. The molecule has 132 valence electrons. The Hall–Kier alpha value is -1.57. The fourth-order valence-electron chi connectivity index (χ4n) is 3.74. The number of aliphatic hydroxyl groups excluding tert-OH is 1. The molecule has 7 heteroatoms. The molecule has 1 aromatic heterocycles. The van der Waals surface area contributed by atoms with E-state index in [1.807, 2.05) is 6.92 Å². The molecule has 2 N–H and O–H groups in total. The van der Waals surface area contributed by atoms with Gasteiger partial charge in [0, 0.05) is 25.2 Å². The number of carbonyl (C=O) groups is 1. The first-order valence-corrected chi connectivity index (χ1v) is 8.39. The first kappa shape index (κ1) is 17.3. The Bertz CT molecular complexity index is 618. The molecular formula is C17H25N3O4. The van der Waals surface area contributed by atoms with Crippen molar-refractivity contribution < 1.29 is 19.7 Å². The molecule has 1 spiro atoms. The number of hydrogen-bond acceptors (Lipinski definition) is 6. The minimum Gasteiger partial charge on any atom is -0.387 e. The molecule has 0 radical (unpaired) electrons. The smallest absolute Gasteiger partial charge is 0.272 e. The molecule has 3 heterocycles. The first-order valence-electron chi connectivity index (χ1n) is 8.39. The molecule has 1 amide bonds. The Kier molecular flexibility index (Phi) is 4.36. The fourth-order valence-corrected chi connectivity index (χ4v) is 3.74. The molecule has 2 fully saturated rings. The van der Waals surface area contributed by atoms with E-state index in [0.717, 1.165) is 5.69 Å². The van der Waals surface area contributed by atoms with E-state index in [0.29, 0.717) is 50.5 Å². The second kappa shape index (κ2) is 6.06. The number of aryl methyl sites for hydroxylation is 2. The van der Waals surface area contributed by atoms with Crippen LogP contribution in [0.15, 0.2) is 6.07 Å². The van der Waals surface area contributed by atoms with Gasteiger partial charge in [0.05, 0.1) is 12.2 Å². The van der Waals surface area contributed by atoms with Crippen molar-refractivity contribution in [2.75, 3.05) is 19.7 Å². The highest BCUT2D eigenvalue weighted by Gasteiger charge is 2.52. The Morgan fingerprint density at radius 2 is 1.96 bits per heavy atom. The number of carbonyl (C=O) groups excluding carboxylic acids is 1. The largest absolute Gasteiger partial charge is 0.387 e. The lowest BCUT2D eigenvalue weighted by Crippen LogP contribution is -2.64. The summed E-state index contributed by atoms with van der Waals surface area (Å²) in [7, 11) is 0. The minimum atomic E-state index is -1.15. The average Bonchev–Trinajstić information content (AvgIpc) is 2.52. The second-order valence-electron chi connectivity index (χ2n) is 7.16. The number of nitrogens with zero attached hydrogens (tertiary/aromatic N) is 3. The molecule has 0 aromatic carbocycles. The topological polar surface area (TPSA) is 95.8 Å². The summed E-state index contributed by atoms with van der Waals surface area (Å²) in [4.78, 5) is 22.8. The van der Waals surface area contributed by atoms with Gasteiger partial charge >= 0.3 is 0 Å². The van der Waals surface area contributed by atoms with Crippen LogP contribution in [0.2, 0.25) is 0 Å². The normalized spacial score (nSPS) is 29.7. The van der Waals surface area contributed by atoms with Crippen LogP contribution in [0, 0.1) is 13.8 Å². The van der Waals surface area contributed by atoms with Crippen molar-refractivity contribution in [3.63, 3.8) is 0 Å². The van der Waals surface area contributed by atoms with E-state index in [2.05, 4.69) is 9.97 Å². The number of piperidine rings is 1. The van der Waals surface area contributed by atoms with E-state index < -0.39 is 17.3 Å². The minimum absolute atomic E-state index is 0.129. The SMILES string of the molecule is Cc1cc(C(=O)N2CCC3(CC2)OCC[C@@](C)(O)[C@@H]3O)nc(C)n1. The molecular weight excluding hydrogens is 310 g/mol. The van der Waals surface area contributed by atoms with Crippen molar-refractivity contribution in [3.8, 4) is 0 Å². The zero-order valence-corrected chi connectivity index (χ0v) is 14.4. The highest BCUT2D eigenvalue weighted by molar-refractivity contribution is 5.92. The summed E-state index contributed by atoms with van der Waals surface area (Å²) in [5, 5.41) is 20.9. The van der Waals surface area contributed by atoms with Gasteiger partial charge in [-0.25, -0.2) is 9.97 Å². The van der Waals surface area contributed by atoms with E-state index >= 15 is 0 Å². The number of likely N-dealkylation sites (tertiary alicyclic amines) is 1. The average molecular weight is 335 g/mol. The summed E-state index contributed by atoms with van der Waals surface area (Å²) in [5.74, 6) is 0.449. The number of ether oxygens (including phenoxy) is 1. The summed E-state index contributed by atoms with van der Waals surface area (Å²) in [6.45, 7) is 6.60. The summed E-state index contributed by atoms with van der Waals surface area (Å²) >= 11 is 0. The number of amides is 1. The lowest BCUT2D eigenvalue weighted by atomic mass is 9.75. The number of rotatable bonds is 1.